The lowest BCUT2D eigenvalue weighted by Gasteiger charge is -2.26. The molecular formula is C20H27N5O2. The average molecular weight is 369 g/mol. The van der Waals surface area contributed by atoms with Crippen LogP contribution in [-0.2, 0) is 0 Å². The number of carbonyl (C=O) groups excluding carboxylic acids is 2. The first-order valence-corrected chi connectivity index (χ1v) is 9.10. The highest BCUT2D eigenvalue weighted by molar-refractivity contribution is 6.04. The van der Waals surface area contributed by atoms with Gasteiger partial charge in [-0.1, -0.05) is 26.0 Å². The molecule has 7 heteroatoms. The van der Waals surface area contributed by atoms with Crippen molar-refractivity contribution in [3.05, 3.63) is 53.9 Å². The number of para-hydroxylation sites is 2. The van der Waals surface area contributed by atoms with E-state index < -0.39 is 0 Å². The third-order valence-corrected chi connectivity index (χ3v) is 4.46. The van der Waals surface area contributed by atoms with Gasteiger partial charge in [0.15, 0.2) is 0 Å². The lowest BCUT2D eigenvalue weighted by Crippen LogP contribution is -2.42. The molecule has 1 heterocycles. The molecule has 1 atom stereocenters. The minimum absolute atomic E-state index is 0.208. The van der Waals surface area contributed by atoms with Crippen LogP contribution in [0, 0.1) is 0 Å². The number of carbonyl (C=O) groups is 2. The molecule has 0 fully saturated rings. The van der Waals surface area contributed by atoms with Gasteiger partial charge in [0.2, 0.25) is 0 Å². The van der Waals surface area contributed by atoms with Crippen molar-refractivity contribution in [3.8, 4) is 0 Å². The predicted molar refractivity (Wildman–Crippen MR) is 108 cm³/mol. The Morgan fingerprint density at radius 3 is 2.41 bits per heavy atom. The Hall–Kier alpha value is -2.93. The third-order valence-electron chi connectivity index (χ3n) is 4.46. The van der Waals surface area contributed by atoms with E-state index in [0.717, 1.165) is 13.1 Å². The molecule has 7 nitrogen and oxygen atoms in total. The topological polar surface area (TPSA) is 100 Å². The standard InChI is InChI=1S/C20H27N5O2/c1-4-25(5-2)14(3)12-23-19(26)15-10-11-18(22-13-15)20(27)24-17-9-7-6-8-16(17)21/h6-11,13-14H,4-5,12,21H2,1-3H3,(H,23,26)(H,24,27). The van der Waals surface area contributed by atoms with Crippen molar-refractivity contribution in [2.45, 2.75) is 26.8 Å². The number of hydrogen-bond donors (Lipinski definition) is 3. The summed E-state index contributed by atoms with van der Waals surface area (Å²) in [4.78, 5) is 30.9. The number of likely N-dealkylation sites (N-methyl/N-ethyl adjacent to an activating group) is 1. The molecule has 0 aliphatic carbocycles. The van der Waals surface area contributed by atoms with Crippen LogP contribution < -0.4 is 16.4 Å². The second-order valence-electron chi connectivity index (χ2n) is 6.25. The Bertz CT molecular complexity index is 772. The molecule has 0 saturated heterocycles. The zero-order valence-electron chi connectivity index (χ0n) is 16.0. The Labute approximate surface area is 160 Å². The predicted octanol–water partition coefficient (Wildman–Crippen LogP) is 2.38. The van der Waals surface area contributed by atoms with Gasteiger partial charge in [-0.25, -0.2) is 0 Å². The molecule has 27 heavy (non-hydrogen) atoms. The van der Waals surface area contributed by atoms with Crippen molar-refractivity contribution >= 4 is 23.2 Å². The molecule has 1 aromatic carbocycles. The van der Waals surface area contributed by atoms with Crippen molar-refractivity contribution in [2.24, 2.45) is 0 Å². The van der Waals surface area contributed by atoms with Crippen LogP contribution in [0.15, 0.2) is 42.6 Å². The number of anilines is 2. The fourth-order valence-corrected chi connectivity index (χ4v) is 2.78. The van der Waals surface area contributed by atoms with Crippen LogP contribution >= 0.6 is 0 Å². The third kappa shape index (κ3) is 5.52. The van der Waals surface area contributed by atoms with Gasteiger partial charge >= 0.3 is 0 Å². The fourth-order valence-electron chi connectivity index (χ4n) is 2.78. The number of rotatable bonds is 8. The first kappa shape index (κ1) is 20.4. The van der Waals surface area contributed by atoms with Crippen molar-refractivity contribution in [1.82, 2.24) is 15.2 Å². The van der Waals surface area contributed by atoms with Gasteiger partial charge in [0, 0.05) is 18.8 Å². The summed E-state index contributed by atoms with van der Waals surface area (Å²) in [6.07, 6.45) is 1.40. The van der Waals surface area contributed by atoms with Crippen LogP contribution in [0.3, 0.4) is 0 Å². The van der Waals surface area contributed by atoms with Gasteiger partial charge in [-0.05, 0) is 44.3 Å². The van der Waals surface area contributed by atoms with E-state index in [2.05, 4.69) is 41.3 Å². The van der Waals surface area contributed by atoms with E-state index in [0.29, 0.717) is 23.5 Å². The van der Waals surface area contributed by atoms with E-state index in [1.807, 2.05) is 0 Å². The monoisotopic (exact) mass is 369 g/mol. The maximum Gasteiger partial charge on any atom is 0.274 e. The SMILES string of the molecule is CCN(CC)C(C)CNC(=O)c1ccc(C(=O)Nc2ccccc2N)nc1. The van der Waals surface area contributed by atoms with E-state index in [1.54, 1.807) is 30.3 Å². The van der Waals surface area contributed by atoms with E-state index in [4.69, 9.17) is 5.73 Å². The molecular weight excluding hydrogens is 342 g/mol. The summed E-state index contributed by atoms with van der Waals surface area (Å²) >= 11 is 0. The summed E-state index contributed by atoms with van der Waals surface area (Å²) in [7, 11) is 0. The van der Waals surface area contributed by atoms with Gasteiger partial charge in [0.25, 0.3) is 11.8 Å². The lowest BCUT2D eigenvalue weighted by molar-refractivity contribution is 0.0935. The first-order chi connectivity index (χ1) is 13.0. The Morgan fingerprint density at radius 2 is 1.81 bits per heavy atom. The molecule has 144 valence electrons. The quantitative estimate of drug-likeness (QED) is 0.620. The maximum atomic E-state index is 12.3. The van der Waals surface area contributed by atoms with Gasteiger partial charge in [-0.15, -0.1) is 0 Å². The van der Waals surface area contributed by atoms with Crippen molar-refractivity contribution in [1.29, 1.82) is 0 Å². The van der Waals surface area contributed by atoms with Crippen LogP contribution in [0.2, 0.25) is 0 Å². The molecule has 0 saturated carbocycles. The normalized spacial score (nSPS) is 11.9. The number of hydrogen-bond acceptors (Lipinski definition) is 5. The zero-order valence-corrected chi connectivity index (χ0v) is 16.0. The Balaban J connectivity index is 1.95. The summed E-state index contributed by atoms with van der Waals surface area (Å²) in [6, 6.07) is 10.4. The summed E-state index contributed by atoms with van der Waals surface area (Å²) in [5.41, 5.74) is 7.45. The summed E-state index contributed by atoms with van der Waals surface area (Å²) < 4.78 is 0. The van der Waals surface area contributed by atoms with Crippen LogP contribution in [0.1, 0.15) is 41.6 Å². The molecule has 2 aromatic rings. The molecule has 2 rings (SSSR count). The van der Waals surface area contributed by atoms with Gasteiger partial charge in [0.1, 0.15) is 5.69 Å². The van der Waals surface area contributed by atoms with Crippen LogP contribution in [-0.4, -0.2) is 47.4 Å². The number of benzene rings is 1. The molecule has 0 bridgehead atoms. The Morgan fingerprint density at radius 1 is 1.11 bits per heavy atom. The number of nitrogens with one attached hydrogen (secondary N) is 2. The molecule has 2 amide bonds. The molecule has 1 unspecified atom stereocenters. The van der Waals surface area contributed by atoms with E-state index in [9.17, 15) is 9.59 Å². The maximum absolute atomic E-state index is 12.3. The van der Waals surface area contributed by atoms with Gasteiger partial charge in [-0.2, -0.15) is 0 Å². The second kappa shape index (κ2) is 9.68. The molecule has 0 spiro atoms. The van der Waals surface area contributed by atoms with Crippen LogP contribution in [0.4, 0.5) is 11.4 Å². The number of nitrogen functional groups attached to an aromatic ring is 1. The molecule has 0 aliphatic rings. The van der Waals surface area contributed by atoms with E-state index in [-0.39, 0.29) is 23.6 Å². The fraction of sp³-hybridized carbons (Fsp3) is 0.350. The van der Waals surface area contributed by atoms with Gasteiger partial charge in [-0.3, -0.25) is 19.5 Å². The van der Waals surface area contributed by atoms with E-state index >= 15 is 0 Å². The summed E-state index contributed by atoms with van der Waals surface area (Å²) in [5, 5.41) is 5.61. The molecule has 4 N–H and O–H groups in total. The number of aromatic nitrogens is 1. The van der Waals surface area contributed by atoms with Crippen LogP contribution in [0.5, 0.6) is 0 Å². The Kier molecular flexibility index (Phi) is 7.31. The highest BCUT2D eigenvalue weighted by Gasteiger charge is 2.14. The van der Waals surface area contributed by atoms with Crippen molar-refractivity contribution in [2.75, 3.05) is 30.7 Å². The minimum atomic E-state index is -0.380. The number of nitrogens with zero attached hydrogens (tertiary/aromatic N) is 2. The van der Waals surface area contributed by atoms with Crippen LogP contribution in [0.25, 0.3) is 0 Å². The summed E-state index contributed by atoms with van der Waals surface area (Å²) in [6.45, 7) is 8.69. The van der Waals surface area contributed by atoms with Gasteiger partial charge < -0.3 is 16.4 Å². The molecule has 0 radical (unpaired) electrons. The molecule has 1 aromatic heterocycles. The second-order valence-corrected chi connectivity index (χ2v) is 6.25. The van der Waals surface area contributed by atoms with E-state index in [1.165, 1.54) is 12.3 Å². The highest BCUT2D eigenvalue weighted by Crippen LogP contribution is 2.17. The first-order valence-electron chi connectivity index (χ1n) is 9.10. The minimum Gasteiger partial charge on any atom is -0.397 e. The smallest absolute Gasteiger partial charge is 0.274 e. The number of amides is 2. The summed E-state index contributed by atoms with van der Waals surface area (Å²) in [5.74, 6) is -0.587. The molecule has 0 aliphatic heterocycles. The van der Waals surface area contributed by atoms with Gasteiger partial charge in [0.05, 0.1) is 16.9 Å². The number of nitrogens with two attached hydrogens (primary N) is 1. The highest BCUT2D eigenvalue weighted by atomic mass is 16.2. The van der Waals surface area contributed by atoms with Crippen molar-refractivity contribution in [3.63, 3.8) is 0 Å². The van der Waals surface area contributed by atoms with Crippen molar-refractivity contribution < 1.29 is 9.59 Å². The lowest BCUT2D eigenvalue weighted by atomic mass is 10.2. The largest absolute Gasteiger partial charge is 0.397 e. The zero-order chi connectivity index (χ0) is 19.8. The average Bonchev–Trinajstić information content (AvgIpc) is 2.69. The number of pyridine rings is 1.